The van der Waals surface area contributed by atoms with Crippen LogP contribution in [0.2, 0.25) is 5.02 Å². The van der Waals surface area contributed by atoms with E-state index < -0.39 is 0 Å². The summed E-state index contributed by atoms with van der Waals surface area (Å²) in [6.07, 6.45) is 1.79. The molecule has 0 atom stereocenters. The topological polar surface area (TPSA) is 37.8 Å². The van der Waals surface area contributed by atoms with E-state index in [1.54, 1.807) is 6.20 Å². The second kappa shape index (κ2) is 3.90. The average Bonchev–Trinajstić information content (AvgIpc) is 2.19. The molecule has 3 nitrogen and oxygen atoms in total. The Hall–Kier alpha value is -1.19. The molecule has 1 aromatic heterocycles. The Balaban J connectivity index is 2.50. The molecule has 0 saturated heterocycles. The summed E-state index contributed by atoms with van der Waals surface area (Å²) in [5.41, 5.74) is 0.926. The molecule has 0 unspecified atom stereocenters. The fourth-order valence-corrected chi connectivity index (χ4v) is 1.47. The molecule has 2 rings (SSSR count). The first-order chi connectivity index (χ1) is 6.79. The number of hydrogen-bond acceptors (Lipinski definition) is 3. The summed E-state index contributed by atoms with van der Waals surface area (Å²) in [5.74, 6) is 0.794. The van der Waals surface area contributed by atoms with Gasteiger partial charge in [-0.3, -0.25) is 0 Å². The van der Waals surface area contributed by atoms with Crippen molar-refractivity contribution in [3.8, 4) is 0 Å². The smallest absolute Gasteiger partial charge is 0.142 e. The van der Waals surface area contributed by atoms with Crippen LogP contribution in [0.3, 0.4) is 0 Å². The Morgan fingerprint density at radius 1 is 1.43 bits per heavy atom. The molecule has 2 aromatic rings. The largest absolute Gasteiger partial charge is 0.313 e. The Bertz CT molecular complexity index is 456. The summed E-state index contributed by atoms with van der Waals surface area (Å²) in [4.78, 5) is 8.58. The first-order valence-electron chi connectivity index (χ1n) is 4.35. The molecule has 0 fully saturated rings. The van der Waals surface area contributed by atoms with Crippen molar-refractivity contribution in [1.29, 1.82) is 0 Å². The van der Waals surface area contributed by atoms with Crippen molar-refractivity contribution in [1.82, 2.24) is 15.3 Å². The van der Waals surface area contributed by atoms with Crippen LogP contribution in [0, 0.1) is 0 Å². The van der Waals surface area contributed by atoms with Gasteiger partial charge in [0.05, 0.1) is 12.1 Å². The number of rotatable bonds is 2. The summed E-state index contributed by atoms with van der Waals surface area (Å²) in [6, 6.07) is 5.60. The quantitative estimate of drug-likeness (QED) is 0.819. The molecule has 0 saturated carbocycles. The van der Waals surface area contributed by atoms with Crippen molar-refractivity contribution in [3.05, 3.63) is 35.2 Å². The Labute approximate surface area is 87.1 Å². The van der Waals surface area contributed by atoms with E-state index in [-0.39, 0.29) is 0 Å². The molecule has 4 heteroatoms. The zero-order valence-electron chi connectivity index (χ0n) is 7.79. The third kappa shape index (κ3) is 1.84. The van der Waals surface area contributed by atoms with Crippen LogP contribution in [0.5, 0.6) is 0 Å². The van der Waals surface area contributed by atoms with Gasteiger partial charge in [-0.25, -0.2) is 9.97 Å². The summed E-state index contributed by atoms with van der Waals surface area (Å²) in [5, 5.41) is 4.69. The number of halogens is 1. The van der Waals surface area contributed by atoms with Gasteiger partial charge in [0.2, 0.25) is 0 Å². The van der Waals surface area contributed by atoms with Crippen molar-refractivity contribution in [2.45, 2.75) is 6.54 Å². The number of nitrogens with one attached hydrogen (secondary N) is 1. The van der Waals surface area contributed by atoms with Gasteiger partial charge in [-0.1, -0.05) is 11.6 Å². The van der Waals surface area contributed by atoms with Crippen molar-refractivity contribution in [2.24, 2.45) is 0 Å². The van der Waals surface area contributed by atoms with Crippen LogP contribution in [0.15, 0.2) is 24.4 Å². The molecule has 0 bridgehead atoms. The summed E-state index contributed by atoms with van der Waals surface area (Å²) in [6.45, 7) is 0.679. The van der Waals surface area contributed by atoms with Crippen molar-refractivity contribution < 1.29 is 0 Å². The third-order valence-corrected chi connectivity index (χ3v) is 2.16. The lowest BCUT2D eigenvalue weighted by molar-refractivity contribution is 0.764. The van der Waals surface area contributed by atoms with Crippen LogP contribution in [0.4, 0.5) is 0 Å². The van der Waals surface area contributed by atoms with Crippen molar-refractivity contribution in [3.63, 3.8) is 0 Å². The minimum Gasteiger partial charge on any atom is -0.313 e. The van der Waals surface area contributed by atoms with Crippen LogP contribution < -0.4 is 5.32 Å². The highest BCUT2D eigenvalue weighted by Gasteiger charge is 1.99. The molecule has 72 valence electrons. The summed E-state index contributed by atoms with van der Waals surface area (Å²) in [7, 11) is 1.87. The Morgan fingerprint density at radius 3 is 3.07 bits per heavy atom. The predicted octanol–water partition coefficient (Wildman–Crippen LogP) is 2.00. The second-order valence-corrected chi connectivity index (χ2v) is 3.46. The lowest BCUT2D eigenvalue weighted by Gasteiger charge is -2.01. The minimum absolute atomic E-state index is 0.679. The maximum atomic E-state index is 5.85. The van der Waals surface area contributed by atoms with Gasteiger partial charge >= 0.3 is 0 Å². The van der Waals surface area contributed by atoms with Gasteiger partial charge in [0.25, 0.3) is 0 Å². The van der Waals surface area contributed by atoms with Gasteiger partial charge in [-0.2, -0.15) is 0 Å². The average molecular weight is 208 g/mol. The normalized spacial score (nSPS) is 10.7. The predicted molar refractivity (Wildman–Crippen MR) is 57.3 cm³/mol. The van der Waals surface area contributed by atoms with Crippen LogP contribution >= 0.6 is 11.6 Å². The van der Waals surface area contributed by atoms with E-state index in [1.165, 1.54) is 0 Å². The molecule has 0 aliphatic heterocycles. The highest BCUT2D eigenvalue weighted by molar-refractivity contribution is 6.31. The highest BCUT2D eigenvalue weighted by atomic mass is 35.5. The molecular weight excluding hydrogens is 198 g/mol. The molecular formula is C10H10ClN3. The van der Waals surface area contributed by atoms with Gasteiger partial charge in [0.1, 0.15) is 5.82 Å². The van der Waals surface area contributed by atoms with E-state index in [2.05, 4.69) is 15.3 Å². The molecule has 1 aromatic carbocycles. The molecule has 14 heavy (non-hydrogen) atoms. The SMILES string of the molecule is CNCc1ncc2cc(Cl)ccc2n1. The third-order valence-electron chi connectivity index (χ3n) is 1.93. The second-order valence-electron chi connectivity index (χ2n) is 3.02. The fourth-order valence-electron chi connectivity index (χ4n) is 1.29. The van der Waals surface area contributed by atoms with E-state index in [4.69, 9.17) is 11.6 Å². The standard InChI is InChI=1S/C10H10ClN3/c1-12-6-10-13-5-7-4-8(11)2-3-9(7)14-10/h2-5,12H,6H2,1H3. The molecule has 0 aliphatic rings. The van der Waals surface area contributed by atoms with E-state index in [0.29, 0.717) is 11.6 Å². The summed E-state index contributed by atoms with van der Waals surface area (Å²) < 4.78 is 0. The number of hydrogen-bond donors (Lipinski definition) is 1. The molecule has 0 radical (unpaired) electrons. The van der Waals surface area contributed by atoms with Crippen LogP contribution in [0.1, 0.15) is 5.82 Å². The van der Waals surface area contributed by atoms with E-state index in [9.17, 15) is 0 Å². The van der Waals surface area contributed by atoms with Crippen LogP contribution in [0.25, 0.3) is 10.9 Å². The monoisotopic (exact) mass is 207 g/mol. The Morgan fingerprint density at radius 2 is 2.29 bits per heavy atom. The van der Waals surface area contributed by atoms with Crippen molar-refractivity contribution >= 4 is 22.5 Å². The zero-order valence-corrected chi connectivity index (χ0v) is 8.54. The Kier molecular flexibility index (Phi) is 2.61. The number of fused-ring (bicyclic) bond motifs is 1. The number of nitrogens with zero attached hydrogens (tertiary/aromatic N) is 2. The first kappa shape index (κ1) is 9.37. The molecule has 1 heterocycles. The maximum absolute atomic E-state index is 5.85. The van der Waals surface area contributed by atoms with Gasteiger partial charge in [-0.15, -0.1) is 0 Å². The first-order valence-corrected chi connectivity index (χ1v) is 4.73. The fraction of sp³-hybridized carbons (Fsp3) is 0.200. The molecule has 0 spiro atoms. The number of aromatic nitrogens is 2. The van der Waals surface area contributed by atoms with Crippen LogP contribution in [-0.4, -0.2) is 17.0 Å². The molecule has 0 amide bonds. The van der Waals surface area contributed by atoms with Crippen LogP contribution in [-0.2, 0) is 6.54 Å². The summed E-state index contributed by atoms with van der Waals surface area (Å²) >= 11 is 5.85. The van der Waals surface area contributed by atoms with Gasteiger partial charge in [0, 0.05) is 16.6 Å². The molecule has 1 N–H and O–H groups in total. The minimum atomic E-state index is 0.679. The maximum Gasteiger partial charge on any atom is 0.142 e. The van der Waals surface area contributed by atoms with Crippen molar-refractivity contribution in [2.75, 3.05) is 7.05 Å². The zero-order chi connectivity index (χ0) is 9.97. The van der Waals surface area contributed by atoms with E-state index >= 15 is 0 Å². The number of benzene rings is 1. The lowest BCUT2D eigenvalue weighted by atomic mass is 10.2. The van der Waals surface area contributed by atoms with Gasteiger partial charge in [0.15, 0.2) is 0 Å². The van der Waals surface area contributed by atoms with E-state index in [0.717, 1.165) is 16.7 Å². The lowest BCUT2D eigenvalue weighted by Crippen LogP contribution is -2.08. The van der Waals surface area contributed by atoms with Gasteiger partial charge in [-0.05, 0) is 25.2 Å². The molecule has 0 aliphatic carbocycles. The van der Waals surface area contributed by atoms with Gasteiger partial charge < -0.3 is 5.32 Å². The highest BCUT2D eigenvalue weighted by Crippen LogP contribution is 2.16. The van der Waals surface area contributed by atoms with E-state index in [1.807, 2.05) is 25.2 Å².